The average molecular weight is 643 g/mol. The van der Waals surface area contributed by atoms with E-state index < -0.39 is 74.5 Å². The first kappa shape index (κ1) is 38.9. The minimum absolute atomic E-state index is 0.0831. The van der Waals surface area contributed by atoms with Crippen molar-refractivity contribution < 1.29 is 63.8 Å². The number of carboxylic acids is 5. The lowest BCUT2D eigenvalue weighted by Crippen LogP contribution is -2.51. The summed E-state index contributed by atoms with van der Waals surface area (Å²) in [5.74, 6) is -6.82. The zero-order valence-corrected chi connectivity index (χ0v) is 25.1. The van der Waals surface area contributed by atoms with Gasteiger partial charge in [0.2, 0.25) is 5.91 Å². The summed E-state index contributed by atoms with van der Waals surface area (Å²) >= 11 is 0. The zero-order chi connectivity index (χ0) is 33.8. The number of rotatable bonds is 26. The Balaban J connectivity index is 3.08. The maximum absolute atomic E-state index is 12.2. The van der Waals surface area contributed by atoms with Crippen LogP contribution >= 0.6 is 0 Å². The van der Waals surface area contributed by atoms with Crippen LogP contribution in [0.5, 0.6) is 0 Å². The molecule has 1 rings (SSSR count). The Kier molecular flexibility index (Phi) is 18.6. The largest absolute Gasteiger partial charge is 0.480 e. The molecule has 0 aliphatic carbocycles. The summed E-state index contributed by atoms with van der Waals surface area (Å²) in [4.78, 5) is 73.0. The molecule has 252 valence electrons. The summed E-state index contributed by atoms with van der Waals surface area (Å²) in [6, 6.07) is 5.64. The highest BCUT2D eigenvalue weighted by Gasteiger charge is 2.27. The van der Waals surface area contributed by atoms with Crippen molar-refractivity contribution in [2.45, 2.75) is 25.8 Å². The average Bonchev–Trinajstić information content (AvgIpc) is 2.92. The topological polar surface area (TPSA) is 244 Å². The normalized spacial score (nSPS) is 11.9. The standard InChI is InChI=1S/C28H42N4O13/c1-2-9-44-10-11-45-19-23(33)29-21-5-3-20(4-6-21)12-22(32(17-27(40)41)18-28(42)43)13-30(14-24(34)35)7-8-31(15-25(36)37)16-26(38)39/h3-6,22H,2,7-19H2,1H3,(H,29,33)(H,34,35)(H,36,37)(H,38,39)(H,40,41)(H,42,43). The highest BCUT2D eigenvalue weighted by molar-refractivity contribution is 5.91. The zero-order valence-electron chi connectivity index (χ0n) is 25.1. The Hall–Kier alpha value is -4.16. The fourth-order valence-corrected chi connectivity index (χ4v) is 4.30. The van der Waals surface area contributed by atoms with Crippen LogP contribution in [0.4, 0.5) is 5.69 Å². The number of hydrogen-bond donors (Lipinski definition) is 6. The lowest BCUT2D eigenvalue weighted by Gasteiger charge is -2.34. The van der Waals surface area contributed by atoms with Crippen molar-refractivity contribution in [3.05, 3.63) is 29.8 Å². The summed E-state index contributed by atoms with van der Waals surface area (Å²) in [7, 11) is 0. The number of carbonyl (C=O) groups is 6. The van der Waals surface area contributed by atoms with E-state index in [2.05, 4.69) is 5.32 Å². The molecular formula is C28H42N4O13. The van der Waals surface area contributed by atoms with E-state index in [1.807, 2.05) is 6.92 Å². The number of hydrogen-bond acceptors (Lipinski definition) is 11. The van der Waals surface area contributed by atoms with Crippen molar-refractivity contribution in [1.82, 2.24) is 14.7 Å². The third-order valence-electron chi connectivity index (χ3n) is 6.13. The number of nitrogens with one attached hydrogen (secondary N) is 1. The Morgan fingerprint density at radius 1 is 0.689 bits per heavy atom. The van der Waals surface area contributed by atoms with Crippen LogP contribution < -0.4 is 5.32 Å². The minimum atomic E-state index is -1.31. The molecular weight excluding hydrogens is 600 g/mol. The van der Waals surface area contributed by atoms with Gasteiger partial charge in [0, 0.05) is 38.0 Å². The van der Waals surface area contributed by atoms with Crippen molar-refractivity contribution >= 4 is 41.4 Å². The Labute approximate surface area is 259 Å². The van der Waals surface area contributed by atoms with Crippen molar-refractivity contribution in [3.63, 3.8) is 0 Å². The maximum Gasteiger partial charge on any atom is 0.317 e. The van der Waals surface area contributed by atoms with Crippen LogP contribution in [0.25, 0.3) is 0 Å². The molecule has 1 amide bonds. The van der Waals surface area contributed by atoms with Crippen LogP contribution in [0.15, 0.2) is 24.3 Å². The van der Waals surface area contributed by atoms with E-state index in [1.54, 1.807) is 24.3 Å². The van der Waals surface area contributed by atoms with E-state index in [0.717, 1.165) is 11.3 Å². The third-order valence-corrected chi connectivity index (χ3v) is 6.13. The number of carbonyl (C=O) groups excluding carboxylic acids is 1. The fourth-order valence-electron chi connectivity index (χ4n) is 4.30. The molecule has 6 N–H and O–H groups in total. The Morgan fingerprint density at radius 2 is 1.18 bits per heavy atom. The van der Waals surface area contributed by atoms with Crippen molar-refractivity contribution in [3.8, 4) is 0 Å². The predicted octanol–water partition coefficient (Wildman–Crippen LogP) is -0.692. The van der Waals surface area contributed by atoms with Crippen LogP contribution in [-0.2, 0) is 44.7 Å². The lowest BCUT2D eigenvalue weighted by molar-refractivity contribution is -0.144. The second-order valence-electron chi connectivity index (χ2n) is 10.1. The lowest BCUT2D eigenvalue weighted by atomic mass is 10.0. The van der Waals surface area contributed by atoms with E-state index in [-0.39, 0.29) is 39.3 Å². The second-order valence-corrected chi connectivity index (χ2v) is 10.1. The number of amides is 1. The smallest absolute Gasteiger partial charge is 0.317 e. The maximum atomic E-state index is 12.2. The van der Waals surface area contributed by atoms with E-state index in [1.165, 1.54) is 9.80 Å². The molecule has 1 aromatic carbocycles. The van der Waals surface area contributed by atoms with Crippen LogP contribution in [0.2, 0.25) is 0 Å². The fraction of sp³-hybridized carbons (Fsp3) is 0.571. The van der Waals surface area contributed by atoms with Crippen molar-refractivity contribution in [2.24, 2.45) is 0 Å². The number of aliphatic carboxylic acids is 5. The first-order valence-corrected chi connectivity index (χ1v) is 14.1. The highest BCUT2D eigenvalue weighted by atomic mass is 16.5. The SMILES string of the molecule is CCCOCCOCC(=O)Nc1ccc(CC(CN(CCN(CC(=O)O)CC(=O)O)CC(=O)O)N(CC(=O)O)CC(=O)O)cc1. The molecule has 1 unspecified atom stereocenters. The number of nitrogens with zero attached hydrogens (tertiary/aromatic N) is 3. The molecule has 0 spiro atoms. The predicted molar refractivity (Wildman–Crippen MR) is 157 cm³/mol. The van der Waals surface area contributed by atoms with Gasteiger partial charge in [-0.25, -0.2) is 0 Å². The summed E-state index contributed by atoms with van der Waals surface area (Å²) in [6.07, 6.45) is 0.955. The quantitative estimate of drug-likeness (QED) is 0.0685. The molecule has 0 aromatic heterocycles. The van der Waals surface area contributed by atoms with Crippen LogP contribution in [-0.4, -0.2) is 161 Å². The van der Waals surface area contributed by atoms with Gasteiger partial charge in [0.1, 0.15) is 6.61 Å². The van der Waals surface area contributed by atoms with Crippen molar-refractivity contribution in [2.75, 3.05) is 84.1 Å². The van der Waals surface area contributed by atoms with Gasteiger partial charge >= 0.3 is 29.8 Å². The molecule has 1 aromatic rings. The summed E-state index contributed by atoms with van der Waals surface area (Å²) in [5, 5.41) is 49.3. The molecule has 0 fully saturated rings. The van der Waals surface area contributed by atoms with E-state index >= 15 is 0 Å². The first-order valence-electron chi connectivity index (χ1n) is 14.1. The third kappa shape index (κ3) is 19.0. The molecule has 0 aliphatic rings. The van der Waals surface area contributed by atoms with Crippen LogP contribution in [0.1, 0.15) is 18.9 Å². The van der Waals surface area contributed by atoms with Gasteiger partial charge in [0.05, 0.1) is 45.9 Å². The van der Waals surface area contributed by atoms with E-state index in [0.29, 0.717) is 24.5 Å². The minimum Gasteiger partial charge on any atom is -0.480 e. The Bertz CT molecular complexity index is 1080. The van der Waals surface area contributed by atoms with Gasteiger partial charge in [-0.1, -0.05) is 19.1 Å². The molecule has 0 aliphatic heterocycles. The summed E-state index contributed by atoms with van der Waals surface area (Å²) in [5.41, 5.74) is 1.07. The summed E-state index contributed by atoms with van der Waals surface area (Å²) in [6.45, 7) is -0.479. The van der Waals surface area contributed by atoms with Gasteiger partial charge in [-0.2, -0.15) is 0 Å². The highest BCUT2D eigenvalue weighted by Crippen LogP contribution is 2.15. The molecule has 0 saturated heterocycles. The van der Waals surface area contributed by atoms with Gasteiger partial charge in [0.25, 0.3) is 0 Å². The first-order chi connectivity index (χ1) is 21.3. The van der Waals surface area contributed by atoms with Gasteiger partial charge in [-0.15, -0.1) is 0 Å². The molecule has 0 radical (unpaired) electrons. The molecule has 17 nitrogen and oxygen atoms in total. The van der Waals surface area contributed by atoms with Gasteiger partial charge in [-0.3, -0.25) is 43.5 Å². The van der Waals surface area contributed by atoms with E-state index in [9.17, 15) is 44.1 Å². The van der Waals surface area contributed by atoms with Crippen LogP contribution in [0, 0.1) is 0 Å². The molecule has 17 heteroatoms. The second kappa shape index (κ2) is 21.5. The van der Waals surface area contributed by atoms with Crippen molar-refractivity contribution in [1.29, 1.82) is 0 Å². The van der Waals surface area contributed by atoms with E-state index in [4.69, 9.17) is 19.7 Å². The number of benzene rings is 1. The number of anilines is 1. The number of ether oxygens (including phenoxy) is 2. The molecule has 45 heavy (non-hydrogen) atoms. The molecule has 0 heterocycles. The monoisotopic (exact) mass is 642 g/mol. The molecule has 0 saturated carbocycles. The van der Waals surface area contributed by atoms with Gasteiger partial charge < -0.3 is 40.3 Å². The molecule has 1 atom stereocenters. The van der Waals surface area contributed by atoms with Crippen LogP contribution in [0.3, 0.4) is 0 Å². The van der Waals surface area contributed by atoms with Gasteiger partial charge in [0.15, 0.2) is 0 Å². The Morgan fingerprint density at radius 3 is 1.69 bits per heavy atom. The number of carboxylic acid groups (broad SMARTS) is 5. The molecule has 0 bridgehead atoms. The van der Waals surface area contributed by atoms with Gasteiger partial charge in [-0.05, 0) is 30.5 Å². The summed E-state index contributed by atoms with van der Waals surface area (Å²) < 4.78 is 10.5.